The second kappa shape index (κ2) is 4.29. The van der Waals surface area contributed by atoms with Crippen molar-refractivity contribution < 1.29 is 0 Å². The molecule has 0 saturated heterocycles. The van der Waals surface area contributed by atoms with Gasteiger partial charge in [-0.3, -0.25) is 0 Å². The van der Waals surface area contributed by atoms with Crippen molar-refractivity contribution in [3.05, 3.63) is 42.9 Å². The molecule has 0 radical (unpaired) electrons. The van der Waals surface area contributed by atoms with E-state index >= 15 is 0 Å². The molecule has 0 atom stereocenters. The average molecular weight is 207 g/mol. The number of imidazole rings is 1. The first-order chi connectivity index (χ1) is 6.90. The molecule has 1 aromatic heterocycles. The predicted octanol–water partition coefficient (Wildman–Crippen LogP) is 2.79. The molecule has 72 valence electrons. The summed E-state index contributed by atoms with van der Waals surface area (Å²) in [6.45, 7) is 0.807. The molecule has 2 rings (SSSR count). The van der Waals surface area contributed by atoms with E-state index < -0.39 is 0 Å². The molecule has 0 amide bonds. The Morgan fingerprint density at radius 1 is 1.21 bits per heavy atom. The van der Waals surface area contributed by atoms with Crippen molar-refractivity contribution in [2.45, 2.75) is 6.54 Å². The Labute approximate surface area is 88.2 Å². The van der Waals surface area contributed by atoms with Crippen LogP contribution in [0.5, 0.6) is 0 Å². The predicted molar refractivity (Wildman–Crippen MR) is 58.4 cm³/mol. The number of alkyl halides is 1. The highest BCUT2D eigenvalue weighted by atomic mass is 35.5. The normalized spacial score (nSPS) is 10.4. The fourth-order valence-electron chi connectivity index (χ4n) is 1.34. The lowest BCUT2D eigenvalue weighted by atomic mass is 10.2. The van der Waals surface area contributed by atoms with Gasteiger partial charge in [-0.15, -0.1) is 11.6 Å². The van der Waals surface area contributed by atoms with Crippen molar-refractivity contribution in [3.8, 4) is 11.3 Å². The van der Waals surface area contributed by atoms with E-state index in [9.17, 15) is 0 Å². The Morgan fingerprint density at radius 3 is 2.71 bits per heavy atom. The Kier molecular flexibility index (Phi) is 2.84. The first kappa shape index (κ1) is 9.28. The third-order valence-electron chi connectivity index (χ3n) is 2.05. The van der Waals surface area contributed by atoms with Gasteiger partial charge in [-0.05, 0) is 0 Å². The minimum absolute atomic E-state index is 0.616. The summed E-state index contributed by atoms with van der Waals surface area (Å²) in [4.78, 5) is 4.31. The van der Waals surface area contributed by atoms with Crippen LogP contribution >= 0.6 is 11.6 Å². The second-order valence-electron chi connectivity index (χ2n) is 3.05. The molecule has 0 N–H and O–H groups in total. The van der Waals surface area contributed by atoms with E-state index in [1.54, 1.807) is 0 Å². The molecule has 0 saturated carbocycles. The molecule has 0 aliphatic heterocycles. The molecule has 3 heteroatoms. The van der Waals surface area contributed by atoms with E-state index in [1.807, 2.05) is 47.4 Å². The Balaban J connectivity index is 2.25. The first-order valence-electron chi connectivity index (χ1n) is 4.53. The number of rotatable bonds is 3. The number of hydrogen-bond acceptors (Lipinski definition) is 1. The molecule has 0 spiro atoms. The third kappa shape index (κ3) is 1.96. The maximum atomic E-state index is 5.64. The summed E-state index contributed by atoms with van der Waals surface area (Å²) in [5.74, 6) is 0.616. The second-order valence-corrected chi connectivity index (χ2v) is 3.43. The van der Waals surface area contributed by atoms with Gasteiger partial charge in [0.05, 0.1) is 12.0 Å². The highest BCUT2D eigenvalue weighted by Gasteiger charge is 1.99. The van der Waals surface area contributed by atoms with Gasteiger partial charge < -0.3 is 4.57 Å². The van der Waals surface area contributed by atoms with Crippen LogP contribution in [-0.2, 0) is 6.54 Å². The number of hydrogen-bond donors (Lipinski definition) is 0. The zero-order chi connectivity index (χ0) is 9.80. The van der Waals surface area contributed by atoms with Gasteiger partial charge in [-0.1, -0.05) is 30.3 Å². The van der Waals surface area contributed by atoms with Crippen LogP contribution in [0.2, 0.25) is 0 Å². The summed E-state index contributed by atoms with van der Waals surface area (Å²) in [5, 5.41) is 0. The maximum absolute atomic E-state index is 5.64. The summed E-state index contributed by atoms with van der Waals surface area (Å²) in [5.41, 5.74) is 2.14. The average Bonchev–Trinajstić information content (AvgIpc) is 2.68. The summed E-state index contributed by atoms with van der Waals surface area (Å²) in [6, 6.07) is 10.1. The first-order valence-corrected chi connectivity index (χ1v) is 5.07. The molecule has 2 aromatic rings. The molecule has 0 fully saturated rings. The SMILES string of the molecule is ClCCn1cnc(-c2ccccc2)c1. The summed E-state index contributed by atoms with van der Waals surface area (Å²) < 4.78 is 2.00. The van der Waals surface area contributed by atoms with Gasteiger partial charge in [0.25, 0.3) is 0 Å². The highest BCUT2D eigenvalue weighted by Crippen LogP contribution is 2.15. The number of halogens is 1. The van der Waals surface area contributed by atoms with E-state index in [1.165, 1.54) is 0 Å². The van der Waals surface area contributed by atoms with E-state index in [4.69, 9.17) is 11.6 Å². The van der Waals surface area contributed by atoms with Crippen LogP contribution in [0, 0.1) is 0 Å². The minimum Gasteiger partial charge on any atom is -0.336 e. The largest absolute Gasteiger partial charge is 0.336 e. The van der Waals surface area contributed by atoms with Gasteiger partial charge in [0.15, 0.2) is 0 Å². The topological polar surface area (TPSA) is 17.8 Å². The van der Waals surface area contributed by atoms with Gasteiger partial charge in [0.1, 0.15) is 0 Å². The van der Waals surface area contributed by atoms with Crippen molar-refractivity contribution in [3.63, 3.8) is 0 Å². The van der Waals surface area contributed by atoms with E-state index in [0.717, 1.165) is 17.8 Å². The lowest BCUT2D eigenvalue weighted by Crippen LogP contribution is -1.93. The van der Waals surface area contributed by atoms with Crippen LogP contribution in [0.4, 0.5) is 0 Å². The zero-order valence-electron chi connectivity index (χ0n) is 7.73. The molecule has 2 nitrogen and oxygen atoms in total. The van der Waals surface area contributed by atoms with Crippen LogP contribution in [0.1, 0.15) is 0 Å². The van der Waals surface area contributed by atoms with Crippen molar-refractivity contribution in [1.29, 1.82) is 0 Å². The molecule has 1 aromatic carbocycles. The standard InChI is InChI=1S/C11H11ClN2/c12-6-7-14-8-11(13-9-14)10-4-2-1-3-5-10/h1-5,8-9H,6-7H2. The van der Waals surface area contributed by atoms with Gasteiger partial charge in [-0.25, -0.2) is 4.98 Å². The van der Waals surface area contributed by atoms with Crippen LogP contribution < -0.4 is 0 Å². The van der Waals surface area contributed by atoms with Crippen molar-refractivity contribution >= 4 is 11.6 Å². The zero-order valence-corrected chi connectivity index (χ0v) is 8.48. The van der Waals surface area contributed by atoms with Crippen molar-refractivity contribution in [2.24, 2.45) is 0 Å². The summed E-state index contributed by atoms with van der Waals surface area (Å²) in [6.07, 6.45) is 3.82. The molecule has 0 bridgehead atoms. The summed E-state index contributed by atoms with van der Waals surface area (Å²) >= 11 is 5.64. The maximum Gasteiger partial charge on any atom is 0.0954 e. The van der Waals surface area contributed by atoms with Crippen LogP contribution in [0.25, 0.3) is 11.3 Å². The van der Waals surface area contributed by atoms with Gasteiger partial charge in [0.2, 0.25) is 0 Å². The molecule has 0 unspecified atom stereocenters. The van der Waals surface area contributed by atoms with Crippen LogP contribution in [0.3, 0.4) is 0 Å². The van der Waals surface area contributed by atoms with E-state index in [0.29, 0.717) is 5.88 Å². The monoisotopic (exact) mass is 206 g/mol. The van der Waals surface area contributed by atoms with Gasteiger partial charge in [-0.2, -0.15) is 0 Å². The minimum atomic E-state index is 0.616. The quantitative estimate of drug-likeness (QED) is 0.707. The lowest BCUT2D eigenvalue weighted by Gasteiger charge is -1.95. The molecule has 0 aliphatic rings. The van der Waals surface area contributed by atoms with Gasteiger partial charge in [0, 0.05) is 24.2 Å². The fourth-order valence-corrected chi connectivity index (χ4v) is 1.53. The molecular weight excluding hydrogens is 196 g/mol. The Morgan fingerprint density at radius 2 is 2.00 bits per heavy atom. The number of nitrogens with zero attached hydrogens (tertiary/aromatic N) is 2. The molecule has 14 heavy (non-hydrogen) atoms. The molecular formula is C11H11ClN2. The summed E-state index contributed by atoms with van der Waals surface area (Å²) in [7, 11) is 0. The van der Waals surface area contributed by atoms with Crippen molar-refractivity contribution in [2.75, 3.05) is 5.88 Å². The smallest absolute Gasteiger partial charge is 0.0954 e. The number of benzene rings is 1. The fraction of sp³-hybridized carbons (Fsp3) is 0.182. The van der Waals surface area contributed by atoms with Crippen LogP contribution in [0.15, 0.2) is 42.9 Å². The number of aryl methyl sites for hydroxylation is 1. The molecule has 1 heterocycles. The van der Waals surface area contributed by atoms with Gasteiger partial charge >= 0.3 is 0 Å². The van der Waals surface area contributed by atoms with Crippen LogP contribution in [-0.4, -0.2) is 15.4 Å². The van der Waals surface area contributed by atoms with E-state index in [2.05, 4.69) is 4.98 Å². The van der Waals surface area contributed by atoms with Crippen molar-refractivity contribution in [1.82, 2.24) is 9.55 Å². The highest BCUT2D eigenvalue weighted by molar-refractivity contribution is 6.17. The number of aromatic nitrogens is 2. The lowest BCUT2D eigenvalue weighted by molar-refractivity contribution is 0.767. The Hall–Kier alpha value is -1.28. The Bertz CT molecular complexity index is 395. The third-order valence-corrected chi connectivity index (χ3v) is 2.21. The van der Waals surface area contributed by atoms with E-state index in [-0.39, 0.29) is 0 Å². The molecule has 0 aliphatic carbocycles.